The average Bonchev–Trinajstić information content (AvgIpc) is 2.72. The standard InChI is InChI=1S/C21H21F3N2O4/c1-30-17-4-2-3-14(12-17)19(27)26-9-7-25(8-10-26)18-6-5-15(20(28)29)11-16(18)13-21(22,23)24/h2-6,11-12H,7-10,13H2,1H3,(H,28,29). The summed E-state index contributed by atoms with van der Waals surface area (Å²) in [4.78, 5) is 27.3. The van der Waals surface area contributed by atoms with E-state index < -0.39 is 18.6 Å². The predicted octanol–water partition coefficient (Wildman–Crippen LogP) is 3.46. The number of carboxylic acid groups (broad SMARTS) is 1. The minimum atomic E-state index is -4.46. The molecule has 0 aliphatic carbocycles. The summed E-state index contributed by atoms with van der Waals surface area (Å²) in [6.45, 7) is 1.35. The highest BCUT2D eigenvalue weighted by Gasteiger charge is 2.31. The molecule has 0 atom stereocenters. The molecule has 0 radical (unpaired) electrons. The van der Waals surface area contributed by atoms with Gasteiger partial charge in [0, 0.05) is 37.4 Å². The summed E-state index contributed by atoms with van der Waals surface area (Å²) in [7, 11) is 1.51. The van der Waals surface area contributed by atoms with E-state index in [4.69, 9.17) is 9.84 Å². The van der Waals surface area contributed by atoms with Crippen molar-refractivity contribution in [2.75, 3.05) is 38.2 Å². The van der Waals surface area contributed by atoms with Crippen molar-refractivity contribution in [2.24, 2.45) is 0 Å². The van der Waals surface area contributed by atoms with Crippen molar-refractivity contribution in [1.82, 2.24) is 4.90 Å². The number of hydrogen-bond acceptors (Lipinski definition) is 4. The smallest absolute Gasteiger partial charge is 0.393 e. The number of anilines is 1. The molecule has 1 saturated heterocycles. The molecule has 0 saturated carbocycles. The van der Waals surface area contributed by atoms with E-state index in [-0.39, 0.29) is 17.0 Å². The van der Waals surface area contributed by atoms with E-state index >= 15 is 0 Å². The second-order valence-electron chi connectivity index (χ2n) is 6.95. The number of halogens is 3. The van der Waals surface area contributed by atoms with E-state index in [1.54, 1.807) is 34.1 Å². The van der Waals surface area contributed by atoms with Gasteiger partial charge in [0.15, 0.2) is 0 Å². The largest absolute Gasteiger partial charge is 0.497 e. The summed E-state index contributed by atoms with van der Waals surface area (Å²) in [6.07, 6.45) is -5.68. The third kappa shape index (κ3) is 5.03. The first-order valence-corrected chi connectivity index (χ1v) is 9.29. The molecule has 1 aliphatic rings. The van der Waals surface area contributed by atoms with Crippen LogP contribution in [0, 0.1) is 0 Å². The van der Waals surface area contributed by atoms with Crippen LogP contribution in [-0.4, -0.2) is 61.3 Å². The van der Waals surface area contributed by atoms with Crippen molar-refractivity contribution in [1.29, 1.82) is 0 Å². The van der Waals surface area contributed by atoms with E-state index in [0.717, 1.165) is 6.07 Å². The Morgan fingerprint density at radius 1 is 1.03 bits per heavy atom. The topological polar surface area (TPSA) is 70.1 Å². The highest BCUT2D eigenvalue weighted by atomic mass is 19.4. The van der Waals surface area contributed by atoms with Gasteiger partial charge in [0.25, 0.3) is 5.91 Å². The highest BCUT2D eigenvalue weighted by molar-refractivity contribution is 5.94. The number of carbonyl (C=O) groups excluding carboxylic acids is 1. The fourth-order valence-corrected chi connectivity index (χ4v) is 3.47. The van der Waals surface area contributed by atoms with Gasteiger partial charge < -0.3 is 19.6 Å². The molecule has 0 aromatic heterocycles. The van der Waals surface area contributed by atoms with Gasteiger partial charge in [0.1, 0.15) is 5.75 Å². The Hall–Kier alpha value is -3.23. The number of hydrogen-bond donors (Lipinski definition) is 1. The minimum Gasteiger partial charge on any atom is -0.497 e. The summed E-state index contributed by atoms with van der Waals surface area (Å²) >= 11 is 0. The van der Waals surface area contributed by atoms with E-state index in [1.165, 1.54) is 19.2 Å². The highest BCUT2D eigenvalue weighted by Crippen LogP contribution is 2.30. The van der Waals surface area contributed by atoms with Gasteiger partial charge in [0.05, 0.1) is 19.1 Å². The lowest BCUT2D eigenvalue weighted by Crippen LogP contribution is -2.49. The molecule has 0 unspecified atom stereocenters. The van der Waals surface area contributed by atoms with Crippen molar-refractivity contribution in [3.63, 3.8) is 0 Å². The van der Waals surface area contributed by atoms with Crippen LogP contribution >= 0.6 is 0 Å². The van der Waals surface area contributed by atoms with Gasteiger partial charge in [-0.3, -0.25) is 4.79 Å². The van der Waals surface area contributed by atoms with Crippen LogP contribution in [0.5, 0.6) is 5.75 Å². The van der Waals surface area contributed by atoms with E-state index in [2.05, 4.69) is 0 Å². The zero-order valence-electron chi connectivity index (χ0n) is 16.3. The molecule has 1 fully saturated rings. The molecule has 3 rings (SSSR count). The van der Waals surface area contributed by atoms with Crippen LogP contribution in [0.1, 0.15) is 26.3 Å². The monoisotopic (exact) mass is 422 g/mol. The summed E-state index contributed by atoms with van der Waals surface area (Å²) in [6, 6.07) is 10.5. The molecule has 0 spiro atoms. The SMILES string of the molecule is COc1cccc(C(=O)N2CCN(c3ccc(C(=O)O)cc3CC(F)(F)F)CC2)c1. The molecular formula is C21H21F3N2O4. The molecule has 1 heterocycles. The van der Waals surface area contributed by atoms with Crippen LogP contribution < -0.4 is 9.64 Å². The van der Waals surface area contributed by atoms with Crippen molar-refractivity contribution in [3.05, 3.63) is 59.2 Å². The summed E-state index contributed by atoms with van der Waals surface area (Å²) in [5, 5.41) is 9.10. The van der Waals surface area contributed by atoms with Gasteiger partial charge >= 0.3 is 12.1 Å². The van der Waals surface area contributed by atoms with Gasteiger partial charge in [-0.1, -0.05) is 6.07 Å². The van der Waals surface area contributed by atoms with E-state index in [0.29, 0.717) is 43.2 Å². The third-order valence-corrected chi connectivity index (χ3v) is 4.94. The Morgan fingerprint density at radius 2 is 1.73 bits per heavy atom. The molecule has 1 aliphatic heterocycles. The number of nitrogens with zero attached hydrogens (tertiary/aromatic N) is 2. The number of piperazine rings is 1. The fourth-order valence-electron chi connectivity index (χ4n) is 3.47. The number of alkyl halides is 3. The molecule has 9 heteroatoms. The zero-order valence-corrected chi connectivity index (χ0v) is 16.3. The molecule has 0 bridgehead atoms. The third-order valence-electron chi connectivity index (χ3n) is 4.94. The maximum atomic E-state index is 13.0. The first-order valence-electron chi connectivity index (χ1n) is 9.29. The Labute approximate surface area is 171 Å². The summed E-state index contributed by atoms with van der Waals surface area (Å²) < 4.78 is 44.2. The van der Waals surface area contributed by atoms with Gasteiger partial charge in [-0.2, -0.15) is 13.2 Å². The molecule has 1 N–H and O–H groups in total. The number of carbonyl (C=O) groups is 2. The molecule has 30 heavy (non-hydrogen) atoms. The number of ether oxygens (including phenoxy) is 1. The Kier molecular flexibility index (Phi) is 6.19. The lowest BCUT2D eigenvalue weighted by molar-refractivity contribution is -0.127. The maximum Gasteiger partial charge on any atom is 0.393 e. The summed E-state index contributed by atoms with van der Waals surface area (Å²) in [5.41, 5.74) is 0.539. The quantitative estimate of drug-likeness (QED) is 0.799. The molecule has 160 valence electrons. The molecular weight excluding hydrogens is 401 g/mol. The zero-order chi connectivity index (χ0) is 21.9. The van der Waals surface area contributed by atoms with E-state index in [9.17, 15) is 22.8 Å². The van der Waals surface area contributed by atoms with Gasteiger partial charge in [-0.05, 0) is 42.0 Å². The Bertz CT molecular complexity index is 938. The normalized spacial score (nSPS) is 14.5. The average molecular weight is 422 g/mol. The number of rotatable bonds is 5. The van der Waals surface area contributed by atoms with Crippen LogP contribution in [0.15, 0.2) is 42.5 Å². The number of amides is 1. The lowest BCUT2D eigenvalue weighted by Gasteiger charge is -2.37. The van der Waals surface area contributed by atoms with E-state index in [1.807, 2.05) is 0 Å². The van der Waals surface area contributed by atoms with Crippen LogP contribution in [0.2, 0.25) is 0 Å². The van der Waals surface area contributed by atoms with Crippen LogP contribution in [-0.2, 0) is 6.42 Å². The van der Waals surface area contributed by atoms with Crippen molar-refractivity contribution in [3.8, 4) is 5.75 Å². The molecule has 2 aromatic rings. The fraction of sp³-hybridized carbons (Fsp3) is 0.333. The molecule has 6 nitrogen and oxygen atoms in total. The first kappa shape index (κ1) is 21.5. The van der Waals surface area contributed by atoms with Gasteiger partial charge in [-0.25, -0.2) is 4.79 Å². The Balaban J connectivity index is 1.75. The predicted molar refractivity (Wildman–Crippen MR) is 104 cm³/mol. The van der Waals surface area contributed by atoms with Crippen molar-refractivity contribution in [2.45, 2.75) is 12.6 Å². The second kappa shape index (κ2) is 8.64. The number of aromatic carboxylic acids is 1. The van der Waals surface area contributed by atoms with Crippen LogP contribution in [0.25, 0.3) is 0 Å². The maximum absolute atomic E-state index is 13.0. The molecule has 2 aromatic carbocycles. The second-order valence-corrected chi connectivity index (χ2v) is 6.95. The number of methoxy groups -OCH3 is 1. The van der Waals surface area contributed by atoms with Gasteiger partial charge in [-0.15, -0.1) is 0 Å². The number of benzene rings is 2. The number of carboxylic acids is 1. The minimum absolute atomic E-state index is 0.0880. The first-order chi connectivity index (χ1) is 14.2. The van der Waals surface area contributed by atoms with Crippen molar-refractivity contribution >= 4 is 17.6 Å². The van der Waals surface area contributed by atoms with Crippen LogP contribution in [0.3, 0.4) is 0 Å². The Morgan fingerprint density at radius 3 is 2.33 bits per heavy atom. The lowest BCUT2D eigenvalue weighted by atomic mass is 10.0. The van der Waals surface area contributed by atoms with Gasteiger partial charge in [0.2, 0.25) is 0 Å². The van der Waals surface area contributed by atoms with Crippen molar-refractivity contribution < 1.29 is 32.6 Å². The molecule has 1 amide bonds. The summed E-state index contributed by atoms with van der Waals surface area (Å²) in [5.74, 6) is -0.890. The van der Waals surface area contributed by atoms with Crippen LogP contribution in [0.4, 0.5) is 18.9 Å².